The third-order valence-electron chi connectivity index (χ3n) is 7.34. The van der Waals surface area contributed by atoms with Gasteiger partial charge in [-0.05, 0) is 53.6 Å². The van der Waals surface area contributed by atoms with E-state index in [1.54, 1.807) is 23.1 Å². The van der Waals surface area contributed by atoms with Crippen LogP contribution in [0.4, 0.5) is 0 Å². The summed E-state index contributed by atoms with van der Waals surface area (Å²) in [7, 11) is -4.00. The van der Waals surface area contributed by atoms with Crippen LogP contribution in [0.15, 0.2) is 88.8 Å². The third-order valence-corrected chi connectivity index (χ3v) is 8.81. The third kappa shape index (κ3) is 6.85. The number of sulfonamides is 1. The molecule has 206 valence electrons. The number of benzene rings is 3. The number of hydrogen-bond donors (Lipinski definition) is 3. The smallest absolute Gasteiger partial charge is 0.241 e. The molecule has 0 saturated heterocycles. The SMILES string of the molecule is CC(C)(c1ccccc1)c1cccc(S(=O)(=O)NC(CCCN=C(N)N)C(=O)N2CCc3ccccc3C2)c1. The Morgan fingerprint density at radius 3 is 2.36 bits per heavy atom. The fourth-order valence-corrected chi connectivity index (χ4v) is 6.24. The maximum atomic E-state index is 13.7. The standard InChI is InChI=1S/C30H37N5O3S/c1-30(2,24-12-4-3-5-13-24)25-14-8-15-26(20-25)39(37,38)34-27(16-9-18-33-29(31)32)28(36)35-19-17-22-10-6-7-11-23(22)21-35/h3-8,10-15,20,27,34H,9,16-19,21H2,1-2H3,(H4,31,32,33). The number of nitrogens with zero attached hydrogens (tertiary/aromatic N) is 2. The van der Waals surface area contributed by atoms with Gasteiger partial charge in [0.1, 0.15) is 6.04 Å². The van der Waals surface area contributed by atoms with Crippen molar-refractivity contribution in [2.24, 2.45) is 16.5 Å². The van der Waals surface area contributed by atoms with Crippen LogP contribution in [0.2, 0.25) is 0 Å². The molecule has 39 heavy (non-hydrogen) atoms. The molecule has 1 aliphatic rings. The van der Waals surface area contributed by atoms with Crippen molar-refractivity contribution in [3.63, 3.8) is 0 Å². The van der Waals surface area contributed by atoms with Crippen molar-refractivity contribution in [3.8, 4) is 0 Å². The number of hydrogen-bond acceptors (Lipinski definition) is 4. The van der Waals surface area contributed by atoms with Gasteiger partial charge in [0.25, 0.3) is 0 Å². The van der Waals surface area contributed by atoms with Crippen LogP contribution in [0.25, 0.3) is 0 Å². The van der Waals surface area contributed by atoms with Gasteiger partial charge in [0, 0.05) is 25.0 Å². The lowest BCUT2D eigenvalue weighted by Gasteiger charge is -2.32. The highest BCUT2D eigenvalue weighted by Crippen LogP contribution is 2.32. The second-order valence-corrected chi connectivity index (χ2v) is 12.1. The Balaban J connectivity index is 1.58. The highest BCUT2D eigenvalue weighted by atomic mass is 32.2. The topological polar surface area (TPSA) is 131 Å². The first-order valence-electron chi connectivity index (χ1n) is 13.2. The van der Waals surface area contributed by atoms with E-state index in [-0.39, 0.29) is 23.2 Å². The maximum absolute atomic E-state index is 13.7. The van der Waals surface area contributed by atoms with Gasteiger partial charge < -0.3 is 16.4 Å². The van der Waals surface area contributed by atoms with Crippen molar-refractivity contribution in [1.82, 2.24) is 9.62 Å². The molecule has 1 heterocycles. The second kappa shape index (κ2) is 12.0. The molecule has 0 fully saturated rings. The molecule has 4 rings (SSSR count). The molecule has 1 amide bonds. The van der Waals surface area contributed by atoms with E-state index >= 15 is 0 Å². The van der Waals surface area contributed by atoms with Crippen molar-refractivity contribution in [3.05, 3.63) is 101 Å². The van der Waals surface area contributed by atoms with Crippen LogP contribution in [0.1, 0.15) is 48.9 Å². The van der Waals surface area contributed by atoms with Crippen LogP contribution in [-0.2, 0) is 33.2 Å². The van der Waals surface area contributed by atoms with Gasteiger partial charge in [0.05, 0.1) is 4.90 Å². The molecular weight excluding hydrogens is 510 g/mol. The van der Waals surface area contributed by atoms with Gasteiger partial charge >= 0.3 is 0 Å². The lowest BCUT2D eigenvalue weighted by atomic mass is 9.78. The molecule has 0 aromatic heterocycles. The molecular formula is C30H37N5O3S. The predicted molar refractivity (Wildman–Crippen MR) is 155 cm³/mol. The van der Waals surface area contributed by atoms with E-state index < -0.39 is 21.5 Å². The zero-order valence-electron chi connectivity index (χ0n) is 22.5. The number of rotatable bonds is 10. The van der Waals surface area contributed by atoms with Gasteiger partial charge in [0.2, 0.25) is 15.9 Å². The molecule has 1 atom stereocenters. The Bertz CT molecular complexity index is 1430. The predicted octanol–water partition coefficient (Wildman–Crippen LogP) is 3.30. The fourth-order valence-electron chi connectivity index (χ4n) is 4.97. The minimum atomic E-state index is -4.00. The summed E-state index contributed by atoms with van der Waals surface area (Å²) in [5.41, 5.74) is 14.7. The summed E-state index contributed by atoms with van der Waals surface area (Å²) < 4.78 is 30.0. The summed E-state index contributed by atoms with van der Waals surface area (Å²) in [6.45, 7) is 5.40. The Morgan fingerprint density at radius 1 is 0.974 bits per heavy atom. The van der Waals surface area contributed by atoms with Gasteiger partial charge in [-0.15, -0.1) is 0 Å². The molecule has 0 radical (unpaired) electrons. The van der Waals surface area contributed by atoms with Crippen LogP contribution in [0.5, 0.6) is 0 Å². The Morgan fingerprint density at radius 2 is 1.64 bits per heavy atom. The van der Waals surface area contributed by atoms with E-state index in [4.69, 9.17) is 11.5 Å². The zero-order valence-corrected chi connectivity index (χ0v) is 23.3. The molecule has 9 heteroatoms. The monoisotopic (exact) mass is 547 g/mol. The Hall–Kier alpha value is -3.69. The molecule has 3 aromatic carbocycles. The van der Waals surface area contributed by atoms with E-state index in [1.165, 1.54) is 5.56 Å². The van der Waals surface area contributed by atoms with Crippen LogP contribution >= 0.6 is 0 Å². The summed E-state index contributed by atoms with van der Waals surface area (Å²) in [4.78, 5) is 19.5. The van der Waals surface area contributed by atoms with Crippen molar-refractivity contribution in [2.75, 3.05) is 13.1 Å². The minimum Gasteiger partial charge on any atom is -0.370 e. The molecule has 3 aromatic rings. The van der Waals surface area contributed by atoms with E-state index in [1.807, 2.05) is 54.6 Å². The Labute approximate surface area is 231 Å². The number of amides is 1. The average Bonchev–Trinajstić information content (AvgIpc) is 2.94. The van der Waals surface area contributed by atoms with Crippen LogP contribution < -0.4 is 16.2 Å². The first-order valence-corrected chi connectivity index (χ1v) is 14.7. The molecule has 1 aliphatic heterocycles. The quantitative estimate of drug-likeness (QED) is 0.204. The zero-order chi connectivity index (χ0) is 28.0. The number of aliphatic imine (C=N–C) groups is 1. The number of nitrogens with one attached hydrogen (secondary N) is 1. The summed E-state index contributed by atoms with van der Waals surface area (Å²) in [6, 6.07) is 23.9. The van der Waals surface area contributed by atoms with Gasteiger partial charge in [-0.1, -0.05) is 80.6 Å². The molecule has 5 N–H and O–H groups in total. The molecule has 0 saturated carbocycles. The highest BCUT2D eigenvalue weighted by Gasteiger charge is 2.32. The first kappa shape index (κ1) is 28.3. The van der Waals surface area contributed by atoms with Gasteiger partial charge in [0.15, 0.2) is 5.96 Å². The van der Waals surface area contributed by atoms with Gasteiger partial charge in [-0.3, -0.25) is 9.79 Å². The van der Waals surface area contributed by atoms with E-state index in [2.05, 4.69) is 29.6 Å². The number of guanidine groups is 1. The minimum absolute atomic E-state index is 0.0380. The number of nitrogens with two attached hydrogens (primary N) is 2. The van der Waals surface area contributed by atoms with Gasteiger partial charge in [-0.2, -0.15) is 4.72 Å². The van der Waals surface area contributed by atoms with Crippen molar-refractivity contribution < 1.29 is 13.2 Å². The maximum Gasteiger partial charge on any atom is 0.241 e. The lowest BCUT2D eigenvalue weighted by molar-refractivity contribution is -0.134. The van der Waals surface area contributed by atoms with E-state index in [0.29, 0.717) is 26.1 Å². The molecule has 0 bridgehead atoms. The Kier molecular flexibility index (Phi) is 8.72. The van der Waals surface area contributed by atoms with Crippen molar-refractivity contribution in [1.29, 1.82) is 0 Å². The van der Waals surface area contributed by atoms with Crippen molar-refractivity contribution in [2.45, 2.75) is 56.0 Å². The van der Waals surface area contributed by atoms with Crippen molar-refractivity contribution >= 4 is 21.9 Å². The summed E-state index contributed by atoms with van der Waals surface area (Å²) in [5, 5.41) is 0. The van der Waals surface area contributed by atoms with Gasteiger partial charge in [-0.25, -0.2) is 8.42 Å². The highest BCUT2D eigenvalue weighted by molar-refractivity contribution is 7.89. The number of carbonyl (C=O) groups is 1. The molecule has 0 spiro atoms. The second-order valence-electron chi connectivity index (χ2n) is 10.4. The molecule has 1 unspecified atom stereocenters. The summed E-state index contributed by atoms with van der Waals surface area (Å²) in [6.07, 6.45) is 1.44. The van der Waals surface area contributed by atoms with Crippen LogP contribution in [0.3, 0.4) is 0 Å². The summed E-state index contributed by atoms with van der Waals surface area (Å²) >= 11 is 0. The van der Waals surface area contributed by atoms with E-state index in [0.717, 1.165) is 23.1 Å². The normalized spacial score (nSPS) is 14.4. The number of carbonyl (C=O) groups excluding carboxylic acids is 1. The molecule has 8 nitrogen and oxygen atoms in total. The lowest BCUT2D eigenvalue weighted by Crippen LogP contribution is -2.49. The first-order chi connectivity index (χ1) is 18.6. The largest absolute Gasteiger partial charge is 0.370 e. The molecule has 0 aliphatic carbocycles. The fraction of sp³-hybridized carbons (Fsp3) is 0.333. The van der Waals surface area contributed by atoms with Crippen LogP contribution in [0, 0.1) is 0 Å². The number of fused-ring (bicyclic) bond motifs is 1. The summed E-state index contributed by atoms with van der Waals surface area (Å²) in [5.74, 6) is -0.289. The van der Waals surface area contributed by atoms with Crippen LogP contribution in [-0.4, -0.2) is 44.3 Å². The average molecular weight is 548 g/mol. The van der Waals surface area contributed by atoms with E-state index in [9.17, 15) is 13.2 Å².